The van der Waals surface area contributed by atoms with Crippen LogP contribution in [0.3, 0.4) is 0 Å². The molecule has 1 aliphatic rings. The van der Waals surface area contributed by atoms with Gasteiger partial charge in [-0.25, -0.2) is 14.8 Å². The zero-order valence-corrected chi connectivity index (χ0v) is 16.3. The summed E-state index contributed by atoms with van der Waals surface area (Å²) in [6.45, 7) is 4.98. The van der Waals surface area contributed by atoms with Crippen molar-refractivity contribution in [1.82, 2.24) is 24.8 Å². The molecule has 3 heterocycles. The van der Waals surface area contributed by atoms with Crippen molar-refractivity contribution in [1.29, 1.82) is 0 Å². The van der Waals surface area contributed by atoms with Gasteiger partial charge in [0.05, 0.1) is 24.3 Å². The number of nitrogens with zero attached hydrogens (tertiary/aromatic N) is 4. The predicted octanol–water partition coefficient (Wildman–Crippen LogP) is 3.52. The molecule has 0 bridgehead atoms. The summed E-state index contributed by atoms with van der Waals surface area (Å²) in [5, 5.41) is 6.23. The first-order valence-electron chi connectivity index (χ1n) is 9.29. The molecule has 144 valence electrons. The molecule has 7 nitrogen and oxygen atoms in total. The van der Waals surface area contributed by atoms with Gasteiger partial charge in [0, 0.05) is 36.4 Å². The van der Waals surface area contributed by atoms with Crippen molar-refractivity contribution in [2.75, 3.05) is 5.32 Å². The number of amides is 2. The van der Waals surface area contributed by atoms with E-state index in [-0.39, 0.29) is 6.03 Å². The van der Waals surface area contributed by atoms with E-state index in [9.17, 15) is 4.79 Å². The van der Waals surface area contributed by atoms with Crippen LogP contribution in [-0.2, 0) is 25.7 Å². The lowest BCUT2D eigenvalue weighted by Crippen LogP contribution is -2.45. The first kappa shape index (κ1) is 18.0. The highest BCUT2D eigenvalue weighted by Gasteiger charge is 2.41. The first-order chi connectivity index (χ1) is 13.4. The van der Waals surface area contributed by atoms with Crippen LogP contribution in [0.25, 0.3) is 0 Å². The van der Waals surface area contributed by atoms with Crippen molar-refractivity contribution < 1.29 is 4.79 Å². The van der Waals surface area contributed by atoms with E-state index in [1.807, 2.05) is 85.2 Å². The highest BCUT2D eigenvalue weighted by Crippen LogP contribution is 2.37. The molecule has 3 aromatic rings. The van der Waals surface area contributed by atoms with Gasteiger partial charge in [-0.05, 0) is 38.1 Å². The van der Waals surface area contributed by atoms with Crippen LogP contribution in [0.15, 0.2) is 54.9 Å². The van der Waals surface area contributed by atoms with Crippen LogP contribution in [0.5, 0.6) is 0 Å². The molecule has 2 aromatic heterocycles. The first-order valence-corrected chi connectivity index (χ1v) is 9.29. The monoisotopic (exact) mass is 376 g/mol. The number of benzene rings is 1. The predicted molar refractivity (Wildman–Crippen MR) is 108 cm³/mol. The van der Waals surface area contributed by atoms with Crippen molar-refractivity contribution in [2.45, 2.75) is 32.5 Å². The molecular weight excluding hydrogens is 352 g/mol. The minimum absolute atomic E-state index is 0.109. The summed E-state index contributed by atoms with van der Waals surface area (Å²) < 4.78 is 2.00. The van der Waals surface area contributed by atoms with Gasteiger partial charge in [0.25, 0.3) is 0 Å². The van der Waals surface area contributed by atoms with Gasteiger partial charge in [-0.15, -0.1) is 0 Å². The van der Waals surface area contributed by atoms with Crippen LogP contribution < -0.4 is 10.6 Å². The topological polar surface area (TPSA) is 75.1 Å². The van der Waals surface area contributed by atoms with Crippen LogP contribution in [0.4, 0.5) is 16.4 Å². The Morgan fingerprint density at radius 1 is 1.18 bits per heavy atom. The number of aryl methyl sites for hydroxylation is 1. The van der Waals surface area contributed by atoms with Gasteiger partial charge in [-0.1, -0.05) is 18.2 Å². The standard InChI is InChI=1S/C21H24N6O/c1-21(2)17-13-22-19(24-15-8-5-4-6-9-15)25-18(17)14-27(21)20(28)23-12-16-10-7-11-26(16)3/h4-11,13H,12,14H2,1-3H3,(H,23,28)(H,22,24,25). The molecule has 0 spiro atoms. The highest BCUT2D eigenvalue weighted by atomic mass is 16.2. The van der Waals surface area contributed by atoms with E-state index in [0.717, 1.165) is 22.6 Å². The lowest BCUT2D eigenvalue weighted by atomic mass is 9.97. The number of carbonyl (C=O) groups is 1. The molecular formula is C21H24N6O. The Balaban J connectivity index is 1.49. The number of urea groups is 1. The fourth-order valence-corrected chi connectivity index (χ4v) is 3.52. The minimum atomic E-state index is -0.473. The lowest BCUT2D eigenvalue weighted by molar-refractivity contribution is 0.144. The van der Waals surface area contributed by atoms with Crippen molar-refractivity contribution >= 4 is 17.7 Å². The van der Waals surface area contributed by atoms with Crippen molar-refractivity contribution in [3.8, 4) is 0 Å². The number of hydrogen-bond donors (Lipinski definition) is 2. The Bertz CT molecular complexity index is 995. The van der Waals surface area contributed by atoms with E-state index in [1.54, 1.807) is 0 Å². The Labute approximate surface area is 164 Å². The van der Waals surface area contributed by atoms with Crippen LogP contribution in [-0.4, -0.2) is 25.5 Å². The molecule has 0 radical (unpaired) electrons. The van der Waals surface area contributed by atoms with Crippen molar-refractivity contribution in [3.05, 3.63) is 71.8 Å². The molecule has 0 unspecified atom stereocenters. The van der Waals surface area contributed by atoms with Crippen LogP contribution in [0, 0.1) is 0 Å². The quantitative estimate of drug-likeness (QED) is 0.731. The third-order valence-corrected chi connectivity index (χ3v) is 5.26. The summed E-state index contributed by atoms with van der Waals surface area (Å²) in [5.41, 5.74) is 3.35. The number of aromatic nitrogens is 3. The van der Waals surface area contributed by atoms with Crippen LogP contribution in [0.2, 0.25) is 0 Å². The molecule has 0 saturated carbocycles. The van der Waals surface area contributed by atoms with E-state index < -0.39 is 5.54 Å². The summed E-state index contributed by atoms with van der Waals surface area (Å²) in [7, 11) is 1.97. The summed E-state index contributed by atoms with van der Waals surface area (Å²) in [5.74, 6) is 0.534. The number of hydrogen-bond acceptors (Lipinski definition) is 4. The number of rotatable bonds is 4. The second kappa shape index (κ2) is 6.99. The van der Waals surface area contributed by atoms with Gasteiger partial charge >= 0.3 is 6.03 Å². The summed E-state index contributed by atoms with van der Waals surface area (Å²) in [6, 6.07) is 13.7. The Hall–Kier alpha value is -3.35. The molecule has 0 atom stereocenters. The molecule has 28 heavy (non-hydrogen) atoms. The van der Waals surface area contributed by atoms with E-state index in [2.05, 4.69) is 20.6 Å². The second-order valence-electron chi connectivity index (χ2n) is 7.46. The fraction of sp³-hybridized carbons (Fsp3) is 0.286. The van der Waals surface area contributed by atoms with E-state index in [0.29, 0.717) is 19.0 Å². The van der Waals surface area contributed by atoms with Gasteiger partial charge in [0.15, 0.2) is 0 Å². The molecule has 2 N–H and O–H groups in total. The summed E-state index contributed by atoms with van der Waals surface area (Å²) in [6.07, 6.45) is 3.78. The Morgan fingerprint density at radius 2 is 1.96 bits per heavy atom. The Kier molecular flexibility index (Phi) is 4.50. The van der Waals surface area contributed by atoms with E-state index in [1.165, 1.54) is 0 Å². The Morgan fingerprint density at radius 3 is 2.68 bits per heavy atom. The average molecular weight is 376 g/mol. The van der Waals surface area contributed by atoms with Crippen LogP contribution in [0.1, 0.15) is 30.8 Å². The second-order valence-corrected chi connectivity index (χ2v) is 7.46. The molecule has 1 aromatic carbocycles. The molecule has 2 amide bonds. The van der Waals surface area contributed by atoms with Gasteiger partial charge in [-0.3, -0.25) is 0 Å². The fourth-order valence-electron chi connectivity index (χ4n) is 3.52. The zero-order chi connectivity index (χ0) is 19.7. The maximum absolute atomic E-state index is 12.9. The molecule has 0 saturated heterocycles. The van der Waals surface area contributed by atoms with Gasteiger partial charge < -0.3 is 20.1 Å². The lowest BCUT2D eigenvalue weighted by Gasteiger charge is -2.32. The largest absolute Gasteiger partial charge is 0.353 e. The number of para-hydroxylation sites is 1. The molecule has 0 fully saturated rings. The number of carbonyl (C=O) groups excluding carboxylic acids is 1. The zero-order valence-electron chi connectivity index (χ0n) is 16.3. The van der Waals surface area contributed by atoms with E-state index >= 15 is 0 Å². The smallest absolute Gasteiger partial charge is 0.318 e. The summed E-state index contributed by atoms with van der Waals surface area (Å²) >= 11 is 0. The maximum Gasteiger partial charge on any atom is 0.318 e. The average Bonchev–Trinajstić information content (AvgIpc) is 3.20. The third-order valence-electron chi connectivity index (χ3n) is 5.26. The van der Waals surface area contributed by atoms with Gasteiger partial charge in [0.2, 0.25) is 5.95 Å². The SMILES string of the molecule is Cn1cccc1CNC(=O)N1Cc2nc(Nc3ccccc3)ncc2C1(C)C. The summed E-state index contributed by atoms with van der Waals surface area (Å²) in [4.78, 5) is 23.8. The minimum Gasteiger partial charge on any atom is -0.353 e. The third kappa shape index (κ3) is 3.31. The number of fused-ring (bicyclic) bond motifs is 1. The van der Waals surface area contributed by atoms with Gasteiger partial charge in [-0.2, -0.15) is 0 Å². The number of nitrogens with one attached hydrogen (secondary N) is 2. The molecule has 1 aliphatic heterocycles. The molecule has 0 aliphatic carbocycles. The van der Waals surface area contributed by atoms with Crippen LogP contribution >= 0.6 is 0 Å². The van der Waals surface area contributed by atoms with E-state index in [4.69, 9.17) is 0 Å². The van der Waals surface area contributed by atoms with Crippen molar-refractivity contribution in [2.24, 2.45) is 7.05 Å². The normalized spacial score (nSPS) is 14.6. The molecule has 4 rings (SSSR count). The maximum atomic E-state index is 12.9. The molecule has 7 heteroatoms. The van der Waals surface area contributed by atoms with Crippen molar-refractivity contribution in [3.63, 3.8) is 0 Å². The highest BCUT2D eigenvalue weighted by molar-refractivity contribution is 5.76. The number of anilines is 2. The van der Waals surface area contributed by atoms with Gasteiger partial charge in [0.1, 0.15) is 0 Å².